The minimum absolute atomic E-state index is 0.647. The van der Waals surface area contributed by atoms with Crippen LogP contribution in [0.5, 0.6) is 0 Å². The highest BCUT2D eigenvalue weighted by molar-refractivity contribution is 5.79. The second kappa shape index (κ2) is 11.0. The number of hydrogen-bond donors (Lipinski definition) is 1. The van der Waals surface area contributed by atoms with Crippen molar-refractivity contribution in [3.8, 4) is 0 Å². The molecule has 2 rings (SSSR count). The number of hydrogen-bond acceptors (Lipinski definition) is 6. The van der Waals surface area contributed by atoms with Crippen molar-refractivity contribution in [2.75, 3.05) is 66.7 Å². The fraction of sp³-hybridized carbons (Fsp3) is 0.750. The lowest BCUT2D eigenvalue weighted by molar-refractivity contribution is 0.0697. The van der Waals surface area contributed by atoms with Gasteiger partial charge in [-0.25, -0.2) is 0 Å². The van der Waals surface area contributed by atoms with Crippen molar-refractivity contribution in [3.05, 3.63) is 18.0 Å². The monoisotopic (exact) mass is 339 g/mol. The topological polar surface area (TPSA) is 75.4 Å². The fourth-order valence-corrected chi connectivity index (χ4v) is 2.62. The molecular formula is C16H29N5O3. The predicted octanol–water partition coefficient (Wildman–Crippen LogP) is 0.421. The molecule has 0 radical (unpaired) electrons. The summed E-state index contributed by atoms with van der Waals surface area (Å²) in [5.41, 5.74) is 0.986. The van der Waals surface area contributed by atoms with Crippen LogP contribution in [0.3, 0.4) is 0 Å². The molecule has 0 amide bonds. The van der Waals surface area contributed by atoms with Gasteiger partial charge in [0.15, 0.2) is 5.96 Å². The van der Waals surface area contributed by atoms with Gasteiger partial charge < -0.3 is 24.2 Å². The normalized spacial score (nSPS) is 16.6. The smallest absolute Gasteiger partial charge is 0.193 e. The van der Waals surface area contributed by atoms with Gasteiger partial charge in [0.2, 0.25) is 0 Å². The van der Waals surface area contributed by atoms with Crippen LogP contribution in [0.4, 0.5) is 0 Å². The van der Waals surface area contributed by atoms with Gasteiger partial charge >= 0.3 is 0 Å². The molecule has 0 aliphatic carbocycles. The number of rotatable bonds is 9. The lowest BCUT2D eigenvalue weighted by Gasteiger charge is -2.36. The molecule has 0 spiro atoms. The Labute approximate surface area is 143 Å². The van der Waals surface area contributed by atoms with E-state index in [1.165, 1.54) is 0 Å². The summed E-state index contributed by atoms with van der Waals surface area (Å²) in [6.07, 6.45) is 2.57. The molecule has 8 heteroatoms. The van der Waals surface area contributed by atoms with Crippen molar-refractivity contribution in [1.29, 1.82) is 0 Å². The third-order valence-electron chi connectivity index (χ3n) is 3.94. The van der Waals surface area contributed by atoms with E-state index < -0.39 is 0 Å². The number of ether oxygens (including phenoxy) is 2. The molecule has 1 fully saturated rings. The van der Waals surface area contributed by atoms with Crippen LogP contribution in [0.2, 0.25) is 0 Å². The summed E-state index contributed by atoms with van der Waals surface area (Å²) >= 11 is 0. The third kappa shape index (κ3) is 6.46. The predicted molar refractivity (Wildman–Crippen MR) is 92.0 cm³/mol. The first kappa shape index (κ1) is 18.7. The van der Waals surface area contributed by atoms with Gasteiger partial charge in [-0.05, 0) is 6.42 Å². The van der Waals surface area contributed by atoms with E-state index in [4.69, 9.17) is 14.0 Å². The minimum Gasteiger partial charge on any atom is -0.382 e. The number of methoxy groups -OCH3 is 1. The third-order valence-corrected chi connectivity index (χ3v) is 3.94. The average Bonchev–Trinajstić information content (AvgIpc) is 3.11. The van der Waals surface area contributed by atoms with E-state index in [-0.39, 0.29) is 0 Å². The molecule has 1 aromatic rings. The van der Waals surface area contributed by atoms with Gasteiger partial charge in [0.05, 0.1) is 18.9 Å². The quantitative estimate of drug-likeness (QED) is 0.397. The Morgan fingerprint density at radius 3 is 2.79 bits per heavy atom. The average molecular weight is 339 g/mol. The van der Waals surface area contributed by atoms with Crippen molar-refractivity contribution in [3.63, 3.8) is 0 Å². The Balaban J connectivity index is 1.60. The van der Waals surface area contributed by atoms with Crippen molar-refractivity contribution >= 4 is 5.96 Å². The van der Waals surface area contributed by atoms with Crippen LogP contribution in [0.25, 0.3) is 0 Å². The van der Waals surface area contributed by atoms with Crippen molar-refractivity contribution in [2.45, 2.75) is 13.0 Å². The molecule has 1 saturated heterocycles. The zero-order valence-electron chi connectivity index (χ0n) is 14.7. The summed E-state index contributed by atoms with van der Waals surface area (Å²) in [5, 5.41) is 7.38. The minimum atomic E-state index is 0.647. The molecule has 0 bridgehead atoms. The largest absolute Gasteiger partial charge is 0.382 e. The summed E-state index contributed by atoms with van der Waals surface area (Å²) in [6, 6.07) is 1.92. The van der Waals surface area contributed by atoms with E-state index in [9.17, 15) is 0 Å². The van der Waals surface area contributed by atoms with Gasteiger partial charge in [0.25, 0.3) is 0 Å². The lowest BCUT2D eigenvalue weighted by Crippen LogP contribution is -2.52. The van der Waals surface area contributed by atoms with E-state index >= 15 is 0 Å². The standard InChI is InChI=1S/C16H29N5O3/c1-17-16(18-5-3-10-23-13-12-22-2)21-8-6-20(7-9-21)14-15-4-11-24-19-15/h4,11H,3,5-10,12-14H2,1-2H3,(H,17,18). The van der Waals surface area contributed by atoms with Crippen LogP contribution in [0.1, 0.15) is 12.1 Å². The van der Waals surface area contributed by atoms with Crippen molar-refractivity contribution in [1.82, 2.24) is 20.3 Å². The maximum atomic E-state index is 5.46. The number of aliphatic imine (C=N–C) groups is 1. The Morgan fingerprint density at radius 2 is 2.12 bits per heavy atom. The number of piperazine rings is 1. The number of nitrogens with one attached hydrogen (secondary N) is 1. The van der Waals surface area contributed by atoms with Crippen LogP contribution in [-0.2, 0) is 16.0 Å². The van der Waals surface area contributed by atoms with Crippen LogP contribution in [0.15, 0.2) is 21.8 Å². The SMILES string of the molecule is CN=C(NCCCOCCOC)N1CCN(Cc2ccon2)CC1. The highest BCUT2D eigenvalue weighted by Gasteiger charge is 2.19. The molecular weight excluding hydrogens is 310 g/mol. The lowest BCUT2D eigenvalue weighted by atomic mass is 10.3. The van der Waals surface area contributed by atoms with Gasteiger partial charge in [-0.1, -0.05) is 5.16 Å². The molecule has 136 valence electrons. The van der Waals surface area contributed by atoms with E-state index in [0.717, 1.165) is 63.9 Å². The van der Waals surface area contributed by atoms with E-state index in [0.29, 0.717) is 13.2 Å². The molecule has 1 aliphatic rings. The molecule has 2 heterocycles. The van der Waals surface area contributed by atoms with E-state index in [2.05, 4.69) is 25.3 Å². The Hall–Kier alpha value is -1.64. The fourth-order valence-electron chi connectivity index (χ4n) is 2.62. The molecule has 0 aromatic carbocycles. The summed E-state index contributed by atoms with van der Waals surface area (Å²) in [5.74, 6) is 0.966. The van der Waals surface area contributed by atoms with Crippen LogP contribution in [-0.4, -0.2) is 87.6 Å². The summed E-state index contributed by atoms with van der Waals surface area (Å²) in [4.78, 5) is 9.06. The second-order valence-electron chi connectivity index (χ2n) is 5.69. The first-order chi connectivity index (χ1) is 11.8. The molecule has 8 nitrogen and oxygen atoms in total. The number of aromatic nitrogens is 1. The highest BCUT2D eigenvalue weighted by atomic mass is 16.5. The molecule has 1 aliphatic heterocycles. The van der Waals surface area contributed by atoms with Crippen molar-refractivity contribution < 1.29 is 14.0 Å². The van der Waals surface area contributed by atoms with Gasteiger partial charge in [0.1, 0.15) is 6.26 Å². The van der Waals surface area contributed by atoms with Crippen LogP contribution < -0.4 is 5.32 Å². The molecule has 0 atom stereocenters. The maximum absolute atomic E-state index is 5.46. The van der Waals surface area contributed by atoms with Crippen LogP contribution >= 0.6 is 0 Å². The number of guanidine groups is 1. The zero-order valence-corrected chi connectivity index (χ0v) is 14.7. The highest BCUT2D eigenvalue weighted by Crippen LogP contribution is 2.07. The first-order valence-corrected chi connectivity index (χ1v) is 8.47. The first-order valence-electron chi connectivity index (χ1n) is 8.47. The van der Waals surface area contributed by atoms with Gasteiger partial charge in [0, 0.05) is 66.1 Å². The molecule has 24 heavy (non-hydrogen) atoms. The summed E-state index contributed by atoms with van der Waals surface area (Å²) < 4.78 is 15.3. The number of nitrogens with zero attached hydrogens (tertiary/aromatic N) is 4. The Bertz CT molecular complexity index is 458. The van der Waals surface area contributed by atoms with Gasteiger partial charge in [-0.3, -0.25) is 9.89 Å². The van der Waals surface area contributed by atoms with E-state index in [1.54, 1.807) is 13.4 Å². The van der Waals surface area contributed by atoms with Crippen LogP contribution in [0, 0.1) is 0 Å². The summed E-state index contributed by atoms with van der Waals surface area (Å²) in [7, 11) is 3.51. The Kier molecular flexibility index (Phi) is 8.58. The van der Waals surface area contributed by atoms with Crippen molar-refractivity contribution in [2.24, 2.45) is 4.99 Å². The zero-order chi connectivity index (χ0) is 17.0. The maximum Gasteiger partial charge on any atom is 0.193 e. The Morgan fingerprint density at radius 1 is 1.29 bits per heavy atom. The summed E-state index contributed by atoms with van der Waals surface area (Å²) in [6.45, 7) is 7.64. The van der Waals surface area contributed by atoms with E-state index in [1.807, 2.05) is 13.1 Å². The van der Waals surface area contributed by atoms with Gasteiger partial charge in [-0.15, -0.1) is 0 Å². The second-order valence-corrected chi connectivity index (χ2v) is 5.69. The molecule has 0 saturated carbocycles. The molecule has 1 aromatic heterocycles. The molecule has 1 N–H and O–H groups in total. The van der Waals surface area contributed by atoms with Gasteiger partial charge in [-0.2, -0.15) is 0 Å². The molecule has 0 unspecified atom stereocenters.